The van der Waals surface area contributed by atoms with Crippen molar-refractivity contribution in [3.63, 3.8) is 0 Å². The van der Waals surface area contributed by atoms with Crippen LogP contribution in [0.3, 0.4) is 0 Å². The number of aromatic nitrogens is 3. The molecule has 0 aliphatic rings. The molecular weight excluding hydrogens is 452 g/mol. The van der Waals surface area contributed by atoms with Gasteiger partial charge in [0.25, 0.3) is 0 Å². The molecule has 0 radical (unpaired) electrons. The normalized spacial score (nSPS) is 11.7. The lowest BCUT2D eigenvalue weighted by Crippen LogP contribution is -2.14. The summed E-state index contributed by atoms with van der Waals surface area (Å²) < 4.78 is 31.9. The van der Waals surface area contributed by atoms with E-state index in [2.05, 4.69) is 15.4 Å². The number of nitrogens with zero attached hydrogens (tertiary/aromatic N) is 3. The van der Waals surface area contributed by atoms with Gasteiger partial charge in [0.1, 0.15) is 11.5 Å². The predicted octanol–water partition coefficient (Wildman–Crippen LogP) is 4.70. The Kier molecular flexibility index (Phi) is 6.39. The van der Waals surface area contributed by atoms with Gasteiger partial charge in [-0.2, -0.15) is 5.10 Å². The average Bonchev–Trinajstić information content (AvgIpc) is 3.23. The Balaban J connectivity index is 1.51. The second kappa shape index (κ2) is 9.26. The Morgan fingerprint density at radius 2 is 1.91 bits per heavy atom. The van der Waals surface area contributed by atoms with Crippen LogP contribution in [-0.4, -0.2) is 35.3 Å². The summed E-state index contributed by atoms with van der Waals surface area (Å²) in [6.45, 7) is 5.93. The van der Waals surface area contributed by atoms with Gasteiger partial charge in [-0.15, -0.1) is 0 Å². The lowest BCUT2D eigenvalue weighted by atomic mass is 10.1. The van der Waals surface area contributed by atoms with Crippen LogP contribution in [0.1, 0.15) is 31.0 Å². The summed E-state index contributed by atoms with van der Waals surface area (Å²) in [6, 6.07) is 12.2. The number of hydrogen-bond donors (Lipinski definition) is 1. The summed E-state index contributed by atoms with van der Waals surface area (Å²) in [5, 5.41) is 7.70. The van der Waals surface area contributed by atoms with E-state index >= 15 is 0 Å². The fourth-order valence-corrected chi connectivity index (χ4v) is 4.20. The van der Waals surface area contributed by atoms with Crippen LogP contribution in [0.25, 0.3) is 10.9 Å². The molecule has 0 unspecified atom stereocenters. The number of amides is 1. The lowest BCUT2D eigenvalue weighted by Gasteiger charge is -2.13. The molecule has 0 saturated carbocycles. The molecule has 0 spiro atoms. The molecule has 9 heteroatoms. The van der Waals surface area contributed by atoms with Crippen molar-refractivity contribution < 1.29 is 17.9 Å². The van der Waals surface area contributed by atoms with Crippen LogP contribution < -0.4 is 10.1 Å². The van der Waals surface area contributed by atoms with Crippen molar-refractivity contribution in [1.29, 1.82) is 0 Å². The highest BCUT2D eigenvalue weighted by Gasteiger charge is 2.13. The molecule has 2 aromatic heterocycles. The molecule has 176 valence electrons. The zero-order chi connectivity index (χ0) is 24.5. The number of rotatable bonds is 7. The number of carbonyl (C=O) groups excluding carboxylic acids is 1. The summed E-state index contributed by atoms with van der Waals surface area (Å²) in [6.07, 6.45) is 6.44. The number of sulfone groups is 1. The van der Waals surface area contributed by atoms with E-state index in [1.807, 2.05) is 32.9 Å². The fraction of sp³-hybridized carbons (Fsp3) is 0.240. The van der Waals surface area contributed by atoms with E-state index in [1.165, 1.54) is 12.3 Å². The number of fused-ring (bicyclic) bond motifs is 1. The molecule has 0 aliphatic carbocycles. The molecule has 0 aliphatic heterocycles. The Bertz CT molecular complexity index is 1480. The molecular formula is C25H26N4O4S. The average molecular weight is 479 g/mol. The summed E-state index contributed by atoms with van der Waals surface area (Å²) in [5.41, 5.74) is 2.99. The van der Waals surface area contributed by atoms with E-state index < -0.39 is 9.84 Å². The van der Waals surface area contributed by atoms with Crippen LogP contribution in [0.2, 0.25) is 0 Å². The molecule has 0 saturated heterocycles. The standard InChI is InChI=1S/C25H26N4O4S/c1-16(2)29-15-19(14-27-29)28-25(30)12-18-5-8-23(17(3)11-18)33-24-9-10-26-22-7-6-20(13-21(22)24)34(4,31)32/h5-11,13-16H,12H2,1-4H3,(H,28,30). The van der Waals surface area contributed by atoms with Gasteiger partial charge in [-0.3, -0.25) is 14.5 Å². The van der Waals surface area contributed by atoms with Crippen LogP contribution in [0.5, 0.6) is 11.5 Å². The maximum absolute atomic E-state index is 12.5. The molecule has 8 nitrogen and oxygen atoms in total. The van der Waals surface area contributed by atoms with Crippen molar-refractivity contribution in [2.24, 2.45) is 0 Å². The maximum atomic E-state index is 12.5. The quantitative estimate of drug-likeness (QED) is 0.413. The Hall–Kier alpha value is -3.72. The second-order valence-electron chi connectivity index (χ2n) is 8.49. The van der Waals surface area contributed by atoms with Crippen molar-refractivity contribution in [2.75, 3.05) is 11.6 Å². The van der Waals surface area contributed by atoms with Crippen molar-refractivity contribution in [2.45, 2.75) is 38.1 Å². The van der Waals surface area contributed by atoms with Gasteiger partial charge in [0.15, 0.2) is 9.84 Å². The van der Waals surface area contributed by atoms with Gasteiger partial charge in [0, 0.05) is 30.1 Å². The van der Waals surface area contributed by atoms with E-state index in [4.69, 9.17) is 4.74 Å². The van der Waals surface area contributed by atoms with E-state index in [0.717, 1.165) is 11.1 Å². The smallest absolute Gasteiger partial charge is 0.228 e. The third-order valence-electron chi connectivity index (χ3n) is 5.34. The van der Waals surface area contributed by atoms with E-state index in [9.17, 15) is 13.2 Å². The van der Waals surface area contributed by atoms with E-state index in [1.54, 1.807) is 47.5 Å². The van der Waals surface area contributed by atoms with Gasteiger partial charge in [-0.25, -0.2) is 8.42 Å². The Morgan fingerprint density at radius 3 is 2.59 bits per heavy atom. The number of ether oxygens (including phenoxy) is 1. The van der Waals surface area contributed by atoms with Crippen molar-refractivity contribution >= 4 is 32.3 Å². The number of nitrogens with one attached hydrogen (secondary N) is 1. The van der Waals surface area contributed by atoms with E-state index in [0.29, 0.717) is 28.1 Å². The first-order chi connectivity index (χ1) is 16.1. The van der Waals surface area contributed by atoms with Gasteiger partial charge in [-0.1, -0.05) is 12.1 Å². The van der Waals surface area contributed by atoms with E-state index in [-0.39, 0.29) is 23.3 Å². The van der Waals surface area contributed by atoms with Crippen LogP contribution in [0.15, 0.2) is 66.0 Å². The monoisotopic (exact) mass is 478 g/mol. The van der Waals surface area contributed by atoms with Gasteiger partial charge in [0.05, 0.1) is 28.7 Å². The van der Waals surface area contributed by atoms with Crippen LogP contribution in [-0.2, 0) is 21.1 Å². The molecule has 0 fully saturated rings. The third kappa shape index (κ3) is 5.26. The van der Waals surface area contributed by atoms with Crippen molar-refractivity contribution in [3.8, 4) is 11.5 Å². The first kappa shape index (κ1) is 23.4. The number of pyridine rings is 1. The first-order valence-corrected chi connectivity index (χ1v) is 12.7. The third-order valence-corrected chi connectivity index (χ3v) is 6.45. The minimum atomic E-state index is -3.36. The minimum absolute atomic E-state index is 0.134. The number of hydrogen-bond acceptors (Lipinski definition) is 6. The summed E-state index contributed by atoms with van der Waals surface area (Å²) >= 11 is 0. The first-order valence-electron chi connectivity index (χ1n) is 10.8. The Morgan fingerprint density at radius 1 is 1.12 bits per heavy atom. The molecule has 0 bridgehead atoms. The number of benzene rings is 2. The number of aryl methyl sites for hydroxylation is 1. The highest BCUT2D eigenvalue weighted by atomic mass is 32.2. The number of anilines is 1. The highest BCUT2D eigenvalue weighted by Crippen LogP contribution is 2.32. The summed E-state index contributed by atoms with van der Waals surface area (Å²) in [4.78, 5) is 17.0. The van der Waals surface area contributed by atoms with Gasteiger partial charge >= 0.3 is 0 Å². The van der Waals surface area contributed by atoms with Crippen LogP contribution in [0.4, 0.5) is 5.69 Å². The summed E-state index contributed by atoms with van der Waals surface area (Å²) in [5.74, 6) is 0.982. The van der Waals surface area contributed by atoms with Crippen LogP contribution in [0, 0.1) is 6.92 Å². The zero-order valence-corrected chi connectivity index (χ0v) is 20.3. The SMILES string of the molecule is Cc1cc(CC(=O)Nc2cnn(C(C)C)c2)ccc1Oc1ccnc2ccc(S(C)(=O)=O)cc12. The predicted molar refractivity (Wildman–Crippen MR) is 131 cm³/mol. The molecule has 1 amide bonds. The molecule has 2 aromatic carbocycles. The fourth-order valence-electron chi connectivity index (χ4n) is 3.55. The molecule has 4 rings (SSSR count). The van der Waals surface area contributed by atoms with Gasteiger partial charge < -0.3 is 10.1 Å². The molecule has 2 heterocycles. The second-order valence-corrected chi connectivity index (χ2v) is 10.5. The summed E-state index contributed by atoms with van der Waals surface area (Å²) in [7, 11) is -3.36. The molecule has 0 atom stereocenters. The molecule has 1 N–H and O–H groups in total. The number of carbonyl (C=O) groups is 1. The van der Waals surface area contributed by atoms with Crippen LogP contribution >= 0.6 is 0 Å². The zero-order valence-electron chi connectivity index (χ0n) is 19.4. The van der Waals surface area contributed by atoms with Gasteiger partial charge in [-0.05, 0) is 62.2 Å². The highest BCUT2D eigenvalue weighted by molar-refractivity contribution is 7.90. The lowest BCUT2D eigenvalue weighted by molar-refractivity contribution is -0.115. The minimum Gasteiger partial charge on any atom is -0.456 e. The van der Waals surface area contributed by atoms with Crippen molar-refractivity contribution in [3.05, 3.63) is 72.2 Å². The van der Waals surface area contributed by atoms with Gasteiger partial charge in [0.2, 0.25) is 5.91 Å². The largest absolute Gasteiger partial charge is 0.456 e. The Labute approximate surface area is 198 Å². The maximum Gasteiger partial charge on any atom is 0.228 e. The molecule has 34 heavy (non-hydrogen) atoms. The van der Waals surface area contributed by atoms with Crippen molar-refractivity contribution in [1.82, 2.24) is 14.8 Å². The molecule has 4 aromatic rings. The topological polar surface area (TPSA) is 103 Å².